The van der Waals surface area contributed by atoms with Gasteiger partial charge in [0, 0.05) is 21.8 Å². The molecule has 1 N–H and O–H groups in total. The zero-order chi connectivity index (χ0) is 13.4. The number of benzene rings is 1. The highest BCUT2D eigenvalue weighted by molar-refractivity contribution is 9.10. The summed E-state index contributed by atoms with van der Waals surface area (Å²) in [6.45, 7) is 0. The Balaban J connectivity index is 2.04. The number of halogens is 2. The number of fused-ring (bicyclic) bond motifs is 1. The number of anilines is 1. The smallest absolute Gasteiger partial charge is 0.427 e. The molecule has 1 aliphatic rings. The average molecular weight is 336 g/mol. The highest BCUT2D eigenvalue weighted by atomic mass is 79.9. The molecule has 19 heavy (non-hydrogen) atoms. The maximum atomic E-state index is 10.4. The predicted octanol–water partition coefficient (Wildman–Crippen LogP) is 2.04. The average Bonchev–Trinajstić information content (AvgIpc) is 2.40. The summed E-state index contributed by atoms with van der Waals surface area (Å²) >= 11 is 9.42. The summed E-state index contributed by atoms with van der Waals surface area (Å²) in [4.78, 5) is 5.50. The molecule has 94 valence electrons. The minimum absolute atomic E-state index is 0.290. The highest BCUT2D eigenvalue weighted by Crippen LogP contribution is 2.22. The second-order valence-corrected chi connectivity index (χ2v) is 5.32. The molecule has 2 aromatic rings. The minimum atomic E-state index is -0.942. The van der Waals surface area contributed by atoms with Gasteiger partial charge in [0.1, 0.15) is 5.15 Å². The number of nitrogens with zero attached hydrogens (tertiary/aromatic N) is 3. The number of hydrogen-bond acceptors (Lipinski definition) is 4. The largest absolute Gasteiger partial charge is 0.474 e. The predicted molar refractivity (Wildman–Crippen MR) is 81.1 cm³/mol. The standard InChI is InChI=1S/C12H8BBrClN3O/c14-9-1-3-10(4-2-9)18-13(19)11-8(7-17-18)5-6-16-12(11)15/h1-7,19H. The van der Waals surface area contributed by atoms with Crippen LogP contribution >= 0.6 is 27.5 Å². The molecule has 0 aliphatic carbocycles. The molecule has 0 atom stereocenters. The molecule has 1 aromatic carbocycles. The number of hydrazone groups is 1. The van der Waals surface area contributed by atoms with Gasteiger partial charge in [-0.05, 0) is 35.9 Å². The fourth-order valence-corrected chi connectivity index (χ4v) is 2.47. The summed E-state index contributed by atoms with van der Waals surface area (Å²) in [6, 6.07) is 9.27. The first kappa shape index (κ1) is 12.7. The lowest BCUT2D eigenvalue weighted by Crippen LogP contribution is -2.50. The van der Waals surface area contributed by atoms with E-state index in [4.69, 9.17) is 11.6 Å². The highest BCUT2D eigenvalue weighted by Gasteiger charge is 2.32. The third-order valence-corrected chi connectivity index (χ3v) is 3.71. The minimum Gasteiger partial charge on any atom is -0.427 e. The van der Waals surface area contributed by atoms with Gasteiger partial charge in [-0.3, -0.25) is 4.92 Å². The Morgan fingerprint density at radius 2 is 1.95 bits per heavy atom. The van der Waals surface area contributed by atoms with E-state index >= 15 is 0 Å². The molecule has 7 heteroatoms. The maximum absolute atomic E-state index is 10.4. The molecule has 3 rings (SSSR count). The van der Waals surface area contributed by atoms with Gasteiger partial charge in [-0.2, -0.15) is 5.10 Å². The van der Waals surface area contributed by atoms with Gasteiger partial charge in [-0.1, -0.05) is 27.5 Å². The van der Waals surface area contributed by atoms with E-state index in [1.165, 1.54) is 4.92 Å². The van der Waals surface area contributed by atoms with Crippen LogP contribution in [0.3, 0.4) is 0 Å². The molecule has 1 aromatic heterocycles. The lowest BCUT2D eigenvalue weighted by atomic mass is 9.70. The van der Waals surface area contributed by atoms with Gasteiger partial charge in [-0.25, -0.2) is 4.98 Å². The van der Waals surface area contributed by atoms with Gasteiger partial charge < -0.3 is 5.02 Å². The quantitative estimate of drug-likeness (QED) is 0.640. The molecule has 0 saturated carbocycles. The first-order valence-corrected chi connectivity index (χ1v) is 6.75. The van der Waals surface area contributed by atoms with Crippen molar-refractivity contribution in [2.75, 3.05) is 4.92 Å². The lowest BCUT2D eigenvalue weighted by Gasteiger charge is -2.26. The molecule has 0 radical (unpaired) electrons. The van der Waals surface area contributed by atoms with Gasteiger partial charge in [0.15, 0.2) is 0 Å². The van der Waals surface area contributed by atoms with Crippen LogP contribution < -0.4 is 10.4 Å². The van der Waals surface area contributed by atoms with Crippen molar-refractivity contribution in [3.63, 3.8) is 0 Å². The summed E-state index contributed by atoms with van der Waals surface area (Å²) in [6.07, 6.45) is 3.26. The van der Waals surface area contributed by atoms with E-state index in [1.807, 2.05) is 24.3 Å². The van der Waals surface area contributed by atoms with Crippen molar-refractivity contribution < 1.29 is 5.02 Å². The maximum Gasteiger partial charge on any atom is 0.474 e. The number of pyridine rings is 1. The monoisotopic (exact) mass is 335 g/mol. The van der Waals surface area contributed by atoms with Gasteiger partial charge in [-0.15, -0.1) is 0 Å². The fraction of sp³-hybridized carbons (Fsp3) is 0. The van der Waals surface area contributed by atoms with Crippen LogP contribution in [0.25, 0.3) is 0 Å². The van der Waals surface area contributed by atoms with Crippen LogP contribution in [0.4, 0.5) is 5.69 Å². The summed E-state index contributed by atoms with van der Waals surface area (Å²) in [5.41, 5.74) is 2.13. The Kier molecular flexibility index (Phi) is 3.30. The van der Waals surface area contributed by atoms with Gasteiger partial charge in [0.05, 0.1) is 6.21 Å². The number of aromatic nitrogens is 1. The van der Waals surface area contributed by atoms with Crippen LogP contribution in [0.2, 0.25) is 5.15 Å². The van der Waals surface area contributed by atoms with Crippen molar-refractivity contribution in [1.29, 1.82) is 0 Å². The Bertz CT molecular complexity index is 650. The van der Waals surface area contributed by atoms with Crippen molar-refractivity contribution in [3.05, 3.63) is 51.7 Å². The van der Waals surface area contributed by atoms with E-state index < -0.39 is 7.05 Å². The zero-order valence-corrected chi connectivity index (χ0v) is 12.0. The molecule has 0 unspecified atom stereocenters. The summed E-state index contributed by atoms with van der Waals surface area (Å²) in [5, 5.41) is 14.9. The van der Waals surface area contributed by atoms with E-state index in [0.717, 1.165) is 15.7 Å². The van der Waals surface area contributed by atoms with Crippen molar-refractivity contribution in [1.82, 2.24) is 4.98 Å². The third kappa shape index (κ3) is 2.27. The number of rotatable bonds is 1. The van der Waals surface area contributed by atoms with Gasteiger partial charge in [0.2, 0.25) is 0 Å². The second-order valence-electron chi connectivity index (χ2n) is 4.04. The Labute approximate surface area is 124 Å². The second kappa shape index (κ2) is 4.96. The van der Waals surface area contributed by atoms with E-state index in [9.17, 15) is 5.02 Å². The summed E-state index contributed by atoms with van der Waals surface area (Å²) in [7, 11) is -0.942. The molecule has 0 bridgehead atoms. The molecule has 2 heterocycles. The topological polar surface area (TPSA) is 48.7 Å². The van der Waals surface area contributed by atoms with Gasteiger partial charge in [0.25, 0.3) is 0 Å². The first-order chi connectivity index (χ1) is 9.16. The van der Waals surface area contributed by atoms with E-state index in [0.29, 0.717) is 10.6 Å². The van der Waals surface area contributed by atoms with E-state index in [-0.39, 0.29) is 0 Å². The zero-order valence-electron chi connectivity index (χ0n) is 9.66. The molecule has 0 amide bonds. The Morgan fingerprint density at radius 1 is 1.21 bits per heavy atom. The van der Waals surface area contributed by atoms with Crippen LogP contribution in [-0.4, -0.2) is 23.3 Å². The van der Waals surface area contributed by atoms with Crippen LogP contribution in [0.5, 0.6) is 0 Å². The van der Waals surface area contributed by atoms with Crippen molar-refractivity contribution in [3.8, 4) is 0 Å². The lowest BCUT2D eigenvalue weighted by molar-refractivity contribution is 0.578. The van der Waals surface area contributed by atoms with Crippen LogP contribution in [0.15, 0.2) is 46.1 Å². The molecule has 1 aliphatic heterocycles. The molecule has 4 nitrogen and oxygen atoms in total. The molecule has 0 saturated heterocycles. The van der Waals surface area contributed by atoms with Crippen molar-refractivity contribution >= 4 is 51.9 Å². The van der Waals surface area contributed by atoms with Crippen LogP contribution in [0.1, 0.15) is 5.56 Å². The first-order valence-electron chi connectivity index (χ1n) is 5.58. The van der Waals surface area contributed by atoms with Crippen molar-refractivity contribution in [2.24, 2.45) is 5.10 Å². The third-order valence-electron chi connectivity index (χ3n) is 2.88. The van der Waals surface area contributed by atoms with Gasteiger partial charge >= 0.3 is 7.05 Å². The fourth-order valence-electron chi connectivity index (χ4n) is 1.94. The summed E-state index contributed by atoms with van der Waals surface area (Å²) < 4.78 is 0.965. The molecule has 0 spiro atoms. The number of hydrogen-bond donors (Lipinski definition) is 1. The Hall–Kier alpha value is -1.37. The molecule has 0 fully saturated rings. The van der Waals surface area contributed by atoms with Crippen LogP contribution in [-0.2, 0) is 0 Å². The van der Waals surface area contributed by atoms with E-state index in [1.54, 1.807) is 18.5 Å². The summed E-state index contributed by atoms with van der Waals surface area (Å²) in [5.74, 6) is 0. The Morgan fingerprint density at radius 3 is 2.68 bits per heavy atom. The van der Waals surface area contributed by atoms with E-state index in [2.05, 4.69) is 26.0 Å². The SMILES string of the molecule is OB1c2c(ccnc2Cl)C=NN1c1ccc(Br)cc1. The normalized spacial score (nSPS) is 13.6. The molecular weight excluding hydrogens is 328 g/mol. The van der Waals surface area contributed by atoms with Crippen molar-refractivity contribution in [2.45, 2.75) is 0 Å². The van der Waals surface area contributed by atoms with Crippen LogP contribution in [0, 0.1) is 0 Å². The molecular formula is C12H8BBrClN3O.